The van der Waals surface area contributed by atoms with E-state index in [1.165, 1.54) is 12.1 Å². The van der Waals surface area contributed by atoms with E-state index in [-0.39, 0.29) is 11.7 Å². The highest BCUT2D eigenvalue weighted by molar-refractivity contribution is 6.42. The first-order valence-corrected chi connectivity index (χ1v) is 6.29. The van der Waals surface area contributed by atoms with E-state index in [1.807, 2.05) is 0 Å². The van der Waals surface area contributed by atoms with Crippen LogP contribution in [0.3, 0.4) is 0 Å². The lowest BCUT2D eigenvalue weighted by atomic mass is 10.1. The molecule has 98 valence electrons. The van der Waals surface area contributed by atoms with E-state index in [0.29, 0.717) is 21.3 Å². The van der Waals surface area contributed by atoms with E-state index in [9.17, 15) is 9.90 Å². The molecule has 0 unspecified atom stereocenters. The number of anilines is 1. The molecule has 1 amide bonds. The molecule has 2 aromatic carbocycles. The highest BCUT2D eigenvalue weighted by Gasteiger charge is 2.09. The number of rotatable bonds is 2. The minimum Gasteiger partial charge on any atom is -0.508 e. The molecule has 0 aromatic heterocycles. The Morgan fingerprint density at radius 1 is 1.11 bits per heavy atom. The molecule has 0 aliphatic carbocycles. The summed E-state index contributed by atoms with van der Waals surface area (Å²) in [6, 6.07) is 9.40. The number of hydrogen-bond acceptors (Lipinski definition) is 2. The summed E-state index contributed by atoms with van der Waals surface area (Å²) in [6.07, 6.45) is 0. The van der Waals surface area contributed by atoms with E-state index < -0.39 is 0 Å². The van der Waals surface area contributed by atoms with Crippen molar-refractivity contribution in [2.75, 3.05) is 5.32 Å². The number of aryl methyl sites for hydroxylation is 1. The van der Waals surface area contributed by atoms with E-state index in [1.54, 1.807) is 31.2 Å². The largest absolute Gasteiger partial charge is 0.508 e. The molecule has 19 heavy (non-hydrogen) atoms. The molecule has 0 saturated carbocycles. The first-order chi connectivity index (χ1) is 8.97. The van der Waals surface area contributed by atoms with Gasteiger partial charge in [0.05, 0.1) is 10.0 Å². The van der Waals surface area contributed by atoms with E-state index >= 15 is 0 Å². The van der Waals surface area contributed by atoms with Gasteiger partial charge < -0.3 is 10.4 Å². The van der Waals surface area contributed by atoms with Crippen LogP contribution in [-0.4, -0.2) is 11.0 Å². The van der Waals surface area contributed by atoms with Crippen LogP contribution in [0.5, 0.6) is 5.75 Å². The Hall–Kier alpha value is -1.71. The van der Waals surface area contributed by atoms with Crippen molar-refractivity contribution in [1.82, 2.24) is 0 Å². The number of nitrogens with one attached hydrogen (secondary N) is 1. The lowest BCUT2D eigenvalue weighted by molar-refractivity contribution is 0.102. The lowest BCUT2D eigenvalue weighted by Crippen LogP contribution is -2.12. The van der Waals surface area contributed by atoms with Gasteiger partial charge in [0.2, 0.25) is 0 Å². The summed E-state index contributed by atoms with van der Waals surface area (Å²) >= 11 is 11.7. The predicted octanol–water partition coefficient (Wildman–Crippen LogP) is 4.26. The molecule has 2 N–H and O–H groups in total. The average molecular weight is 296 g/mol. The first kappa shape index (κ1) is 13.7. The number of carbonyl (C=O) groups is 1. The summed E-state index contributed by atoms with van der Waals surface area (Å²) in [5.74, 6) is -0.127. The SMILES string of the molecule is Cc1cc(O)ccc1NC(=O)c1ccc(Cl)c(Cl)c1. The predicted molar refractivity (Wildman–Crippen MR) is 77.3 cm³/mol. The monoisotopic (exact) mass is 295 g/mol. The maximum absolute atomic E-state index is 12.0. The fourth-order valence-corrected chi connectivity index (χ4v) is 1.92. The molecule has 0 saturated heterocycles. The third-order valence-corrected chi connectivity index (χ3v) is 3.38. The van der Waals surface area contributed by atoms with Crippen LogP contribution in [-0.2, 0) is 0 Å². The highest BCUT2D eigenvalue weighted by Crippen LogP contribution is 2.24. The average Bonchev–Trinajstić information content (AvgIpc) is 2.36. The Bertz CT molecular complexity index is 641. The number of amides is 1. The summed E-state index contributed by atoms with van der Waals surface area (Å²) in [4.78, 5) is 12.0. The molecule has 2 aromatic rings. The van der Waals surface area contributed by atoms with Crippen LogP contribution >= 0.6 is 23.2 Å². The smallest absolute Gasteiger partial charge is 0.255 e. The van der Waals surface area contributed by atoms with Gasteiger partial charge in [0.15, 0.2) is 0 Å². The van der Waals surface area contributed by atoms with E-state index in [2.05, 4.69) is 5.32 Å². The molecular formula is C14H11Cl2NO2. The van der Waals surface area contributed by atoms with Gasteiger partial charge in [-0.3, -0.25) is 4.79 Å². The molecular weight excluding hydrogens is 285 g/mol. The Labute approximate surface area is 120 Å². The fourth-order valence-electron chi connectivity index (χ4n) is 1.62. The van der Waals surface area contributed by atoms with Crippen molar-refractivity contribution in [3.05, 3.63) is 57.6 Å². The molecule has 0 spiro atoms. The number of phenolic OH excluding ortho intramolecular Hbond substituents is 1. The molecule has 5 heteroatoms. The molecule has 3 nitrogen and oxygen atoms in total. The van der Waals surface area contributed by atoms with Crippen LogP contribution in [0.15, 0.2) is 36.4 Å². The number of phenols is 1. The number of aromatic hydroxyl groups is 1. The summed E-state index contributed by atoms with van der Waals surface area (Å²) in [5.41, 5.74) is 1.82. The minimum atomic E-state index is -0.285. The van der Waals surface area contributed by atoms with Crippen LogP contribution in [0, 0.1) is 6.92 Å². The van der Waals surface area contributed by atoms with Gasteiger partial charge in [-0.05, 0) is 48.9 Å². The number of carbonyl (C=O) groups excluding carboxylic acids is 1. The van der Waals surface area contributed by atoms with Crippen LogP contribution in [0.2, 0.25) is 10.0 Å². The fraction of sp³-hybridized carbons (Fsp3) is 0.0714. The molecule has 0 fully saturated rings. The molecule has 0 atom stereocenters. The van der Waals surface area contributed by atoms with Gasteiger partial charge in [0.1, 0.15) is 5.75 Å². The zero-order chi connectivity index (χ0) is 14.0. The summed E-state index contributed by atoms with van der Waals surface area (Å²) in [7, 11) is 0. The van der Waals surface area contributed by atoms with Crippen LogP contribution in [0.4, 0.5) is 5.69 Å². The Morgan fingerprint density at radius 3 is 2.47 bits per heavy atom. The summed E-state index contributed by atoms with van der Waals surface area (Å²) < 4.78 is 0. The van der Waals surface area contributed by atoms with Crippen molar-refractivity contribution in [2.45, 2.75) is 6.92 Å². The van der Waals surface area contributed by atoms with Crippen molar-refractivity contribution >= 4 is 34.8 Å². The molecule has 0 radical (unpaired) electrons. The maximum Gasteiger partial charge on any atom is 0.255 e. The van der Waals surface area contributed by atoms with E-state index in [4.69, 9.17) is 23.2 Å². The Kier molecular flexibility index (Phi) is 3.98. The highest BCUT2D eigenvalue weighted by atomic mass is 35.5. The van der Waals surface area contributed by atoms with Crippen molar-refractivity contribution < 1.29 is 9.90 Å². The second kappa shape index (κ2) is 5.51. The topological polar surface area (TPSA) is 49.3 Å². The maximum atomic E-state index is 12.0. The minimum absolute atomic E-state index is 0.157. The normalized spacial score (nSPS) is 10.3. The standard InChI is InChI=1S/C14H11Cl2NO2/c1-8-6-10(18)3-5-13(8)17-14(19)9-2-4-11(15)12(16)7-9/h2-7,18H,1H3,(H,17,19). The van der Waals surface area contributed by atoms with Crippen LogP contribution in [0.1, 0.15) is 15.9 Å². The van der Waals surface area contributed by atoms with Crippen molar-refractivity contribution in [3.8, 4) is 5.75 Å². The van der Waals surface area contributed by atoms with Gasteiger partial charge in [0.25, 0.3) is 5.91 Å². The molecule has 0 aliphatic heterocycles. The summed E-state index contributed by atoms with van der Waals surface area (Å²) in [6.45, 7) is 1.80. The first-order valence-electron chi connectivity index (χ1n) is 5.53. The van der Waals surface area contributed by atoms with Gasteiger partial charge in [0, 0.05) is 11.3 Å². The van der Waals surface area contributed by atoms with Crippen molar-refractivity contribution in [3.63, 3.8) is 0 Å². The molecule has 0 aliphatic rings. The van der Waals surface area contributed by atoms with Crippen LogP contribution < -0.4 is 5.32 Å². The molecule has 2 rings (SSSR count). The Balaban J connectivity index is 2.23. The van der Waals surface area contributed by atoms with E-state index in [0.717, 1.165) is 5.56 Å². The van der Waals surface area contributed by atoms with Gasteiger partial charge in [-0.25, -0.2) is 0 Å². The molecule has 0 bridgehead atoms. The number of halogens is 2. The van der Waals surface area contributed by atoms with Gasteiger partial charge in [-0.15, -0.1) is 0 Å². The van der Waals surface area contributed by atoms with Crippen molar-refractivity contribution in [1.29, 1.82) is 0 Å². The quantitative estimate of drug-likeness (QED) is 0.813. The lowest BCUT2D eigenvalue weighted by Gasteiger charge is -2.09. The molecule has 0 heterocycles. The van der Waals surface area contributed by atoms with Crippen LogP contribution in [0.25, 0.3) is 0 Å². The van der Waals surface area contributed by atoms with Crippen molar-refractivity contribution in [2.24, 2.45) is 0 Å². The third kappa shape index (κ3) is 3.19. The zero-order valence-electron chi connectivity index (χ0n) is 10.1. The zero-order valence-corrected chi connectivity index (χ0v) is 11.6. The second-order valence-electron chi connectivity index (χ2n) is 4.08. The van der Waals surface area contributed by atoms with Gasteiger partial charge in [-0.1, -0.05) is 23.2 Å². The summed E-state index contributed by atoms with van der Waals surface area (Å²) in [5, 5.41) is 12.8. The Morgan fingerprint density at radius 2 is 1.84 bits per heavy atom. The second-order valence-corrected chi connectivity index (χ2v) is 4.90. The van der Waals surface area contributed by atoms with Gasteiger partial charge >= 0.3 is 0 Å². The number of hydrogen-bond donors (Lipinski definition) is 2. The third-order valence-electron chi connectivity index (χ3n) is 2.64. The van der Waals surface area contributed by atoms with Gasteiger partial charge in [-0.2, -0.15) is 0 Å². The number of benzene rings is 2.